The summed E-state index contributed by atoms with van der Waals surface area (Å²) in [6.45, 7) is 6.61. The predicted molar refractivity (Wildman–Crippen MR) is 83.7 cm³/mol. The SMILES string of the molecule is CCCNc1ccc(Cl)cc1C(=O)N(CC)CCOC. The molecule has 0 bridgehead atoms. The summed E-state index contributed by atoms with van der Waals surface area (Å²) in [6, 6.07) is 5.37. The molecule has 0 atom stereocenters. The van der Waals surface area contributed by atoms with Crippen LogP contribution in [0.4, 0.5) is 5.69 Å². The van der Waals surface area contributed by atoms with Crippen LogP contribution in [-0.2, 0) is 4.74 Å². The molecule has 0 aliphatic heterocycles. The predicted octanol–water partition coefficient (Wildman–Crippen LogP) is 3.27. The number of benzene rings is 1. The van der Waals surface area contributed by atoms with E-state index in [0.717, 1.165) is 18.7 Å². The van der Waals surface area contributed by atoms with Gasteiger partial charge in [-0.2, -0.15) is 0 Å². The average Bonchev–Trinajstić information content (AvgIpc) is 2.46. The Morgan fingerprint density at radius 1 is 1.40 bits per heavy atom. The second-order valence-corrected chi connectivity index (χ2v) is 4.93. The summed E-state index contributed by atoms with van der Waals surface area (Å²) >= 11 is 6.02. The number of amides is 1. The summed E-state index contributed by atoms with van der Waals surface area (Å²) in [6.07, 6.45) is 0.997. The molecule has 112 valence electrons. The maximum absolute atomic E-state index is 12.6. The van der Waals surface area contributed by atoms with Crippen LogP contribution in [0.15, 0.2) is 18.2 Å². The number of nitrogens with zero attached hydrogens (tertiary/aromatic N) is 1. The molecule has 0 aliphatic rings. The zero-order chi connectivity index (χ0) is 15.0. The van der Waals surface area contributed by atoms with Gasteiger partial charge in [0.2, 0.25) is 0 Å². The number of halogens is 1. The van der Waals surface area contributed by atoms with Crippen molar-refractivity contribution in [1.82, 2.24) is 4.90 Å². The molecule has 0 radical (unpaired) electrons. The van der Waals surface area contributed by atoms with Crippen molar-refractivity contribution in [2.45, 2.75) is 20.3 Å². The number of methoxy groups -OCH3 is 1. The molecular formula is C15H23ClN2O2. The third-order valence-corrected chi connectivity index (χ3v) is 3.25. The summed E-state index contributed by atoms with van der Waals surface area (Å²) in [4.78, 5) is 14.3. The van der Waals surface area contributed by atoms with E-state index in [2.05, 4.69) is 12.2 Å². The van der Waals surface area contributed by atoms with E-state index in [1.807, 2.05) is 13.0 Å². The molecule has 0 saturated heterocycles. The van der Waals surface area contributed by atoms with Gasteiger partial charge in [0.05, 0.1) is 12.2 Å². The molecule has 0 aromatic heterocycles. The normalized spacial score (nSPS) is 10.4. The number of rotatable bonds is 8. The number of likely N-dealkylation sites (N-methyl/N-ethyl adjacent to an activating group) is 1. The highest BCUT2D eigenvalue weighted by Gasteiger charge is 2.17. The Hall–Kier alpha value is -1.26. The Morgan fingerprint density at radius 3 is 2.75 bits per heavy atom. The molecule has 1 N–H and O–H groups in total. The van der Waals surface area contributed by atoms with Crippen LogP contribution in [0.2, 0.25) is 5.02 Å². The van der Waals surface area contributed by atoms with Gasteiger partial charge in [-0.15, -0.1) is 0 Å². The molecule has 1 aromatic carbocycles. The molecule has 1 rings (SSSR count). The summed E-state index contributed by atoms with van der Waals surface area (Å²) in [5.74, 6) is -0.0225. The molecule has 5 heteroatoms. The number of carbonyl (C=O) groups is 1. The minimum Gasteiger partial charge on any atom is -0.384 e. The number of carbonyl (C=O) groups excluding carboxylic acids is 1. The fourth-order valence-corrected chi connectivity index (χ4v) is 2.05. The van der Waals surface area contributed by atoms with Gasteiger partial charge < -0.3 is 15.0 Å². The lowest BCUT2D eigenvalue weighted by atomic mass is 10.1. The Kier molecular flexibility index (Phi) is 7.41. The van der Waals surface area contributed by atoms with Crippen LogP contribution in [0.5, 0.6) is 0 Å². The third-order valence-electron chi connectivity index (χ3n) is 3.01. The molecular weight excluding hydrogens is 276 g/mol. The van der Waals surface area contributed by atoms with Gasteiger partial charge in [-0.05, 0) is 31.5 Å². The number of hydrogen-bond donors (Lipinski definition) is 1. The van der Waals surface area contributed by atoms with Gasteiger partial charge in [0.25, 0.3) is 5.91 Å². The Morgan fingerprint density at radius 2 is 2.15 bits per heavy atom. The number of nitrogens with one attached hydrogen (secondary N) is 1. The van der Waals surface area contributed by atoms with Crippen molar-refractivity contribution >= 4 is 23.2 Å². The van der Waals surface area contributed by atoms with Crippen LogP contribution in [0.1, 0.15) is 30.6 Å². The van der Waals surface area contributed by atoms with Gasteiger partial charge in [-0.25, -0.2) is 0 Å². The van der Waals surface area contributed by atoms with Gasteiger partial charge in [0.15, 0.2) is 0 Å². The van der Waals surface area contributed by atoms with Crippen molar-refractivity contribution in [1.29, 1.82) is 0 Å². The second-order valence-electron chi connectivity index (χ2n) is 4.49. The highest BCUT2D eigenvalue weighted by Crippen LogP contribution is 2.22. The molecule has 20 heavy (non-hydrogen) atoms. The molecule has 0 unspecified atom stereocenters. The molecule has 1 amide bonds. The standard InChI is InChI=1S/C15H23ClN2O2/c1-4-8-17-14-7-6-12(16)11-13(14)15(19)18(5-2)9-10-20-3/h6-7,11,17H,4-5,8-10H2,1-3H3. The quantitative estimate of drug-likeness (QED) is 0.801. The van der Waals surface area contributed by atoms with E-state index in [4.69, 9.17) is 16.3 Å². The fraction of sp³-hybridized carbons (Fsp3) is 0.533. The van der Waals surface area contributed by atoms with Gasteiger partial charge in [0, 0.05) is 37.5 Å². The summed E-state index contributed by atoms with van der Waals surface area (Å²) in [5, 5.41) is 3.84. The van der Waals surface area contributed by atoms with Gasteiger partial charge in [-0.1, -0.05) is 18.5 Å². The first-order valence-electron chi connectivity index (χ1n) is 6.95. The first kappa shape index (κ1) is 16.8. The minimum atomic E-state index is -0.0225. The number of hydrogen-bond acceptors (Lipinski definition) is 3. The Balaban J connectivity index is 2.96. The smallest absolute Gasteiger partial charge is 0.256 e. The lowest BCUT2D eigenvalue weighted by molar-refractivity contribution is 0.0707. The number of anilines is 1. The van der Waals surface area contributed by atoms with E-state index in [1.165, 1.54) is 0 Å². The topological polar surface area (TPSA) is 41.6 Å². The van der Waals surface area contributed by atoms with Crippen molar-refractivity contribution < 1.29 is 9.53 Å². The van der Waals surface area contributed by atoms with Crippen molar-refractivity contribution in [2.75, 3.05) is 38.7 Å². The largest absolute Gasteiger partial charge is 0.384 e. The van der Waals surface area contributed by atoms with Crippen molar-refractivity contribution in [2.24, 2.45) is 0 Å². The van der Waals surface area contributed by atoms with Crippen LogP contribution in [-0.4, -0.2) is 44.2 Å². The fourth-order valence-electron chi connectivity index (χ4n) is 1.88. The molecule has 0 aliphatic carbocycles. The van der Waals surface area contributed by atoms with Gasteiger partial charge in [0.1, 0.15) is 0 Å². The zero-order valence-electron chi connectivity index (χ0n) is 12.4. The third kappa shape index (κ3) is 4.69. The molecule has 0 fully saturated rings. The van der Waals surface area contributed by atoms with E-state index < -0.39 is 0 Å². The molecule has 0 heterocycles. The molecule has 0 saturated carbocycles. The summed E-state index contributed by atoms with van der Waals surface area (Å²) in [5.41, 5.74) is 1.45. The molecule has 4 nitrogen and oxygen atoms in total. The first-order chi connectivity index (χ1) is 9.63. The van der Waals surface area contributed by atoms with Crippen LogP contribution < -0.4 is 5.32 Å². The van der Waals surface area contributed by atoms with Crippen LogP contribution in [0.3, 0.4) is 0 Å². The molecule has 0 spiro atoms. The monoisotopic (exact) mass is 298 g/mol. The van der Waals surface area contributed by atoms with Crippen LogP contribution in [0, 0.1) is 0 Å². The Bertz CT molecular complexity index is 438. The van der Waals surface area contributed by atoms with Crippen molar-refractivity contribution in [3.63, 3.8) is 0 Å². The van der Waals surface area contributed by atoms with E-state index in [1.54, 1.807) is 24.1 Å². The first-order valence-corrected chi connectivity index (χ1v) is 7.33. The highest BCUT2D eigenvalue weighted by atomic mass is 35.5. The van der Waals surface area contributed by atoms with Crippen LogP contribution in [0.25, 0.3) is 0 Å². The summed E-state index contributed by atoms with van der Waals surface area (Å²) in [7, 11) is 1.63. The van der Waals surface area contributed by atoms with Crippen molar-refractivity contribution in [3.05, 3.63) is 28.8 Å². The lowest BCUT2D eigenvalue weighted by Crippen LogP contribution is -2.34. The van der Waals surface area contributed by atoms with Gasteiger partial charge in [-0.3, -0.25) is 4.79 Å². The van der Waals surface area contributed by atoms with E-state index in [0.29, 0.717) is 30.3 Å². The highest BCUT2D eigenvalue weighted by molar-refractivity contribution is 6.31. The van der Waals surface area contributed by atoms with Crippen LogP contribution >= 0.6 is 11.6 Å². The van der Waals surface area contributed by atoms with E-state index in [-0.39, 0.29) is 5.91 Å². The van der Waals surface area contributed by atoms with Gasteiger partial charge >= 0.3 is 0 Å². The maximum atomic E-state index is 12.6. The minimum absolute atomic E-state index is 0.0225. The second kappa shape index (κ2) is 8.82. The zero-order valence-corrected chi connectivity index (χ0v) is 13.2. The number of ether oxygens (including phenoxy) is 1. The Labute approximate surface area is 126 Å². The lowest BCUT2D eigenvalue weighted by Gasteiger charge is -2.22. The molecule has 1 aromatic rings. The maximum Gasteiger partial charge on any atom is 0.256 e. The average molecular weight is 299 g/mol. The van der Waals surface area contributed by atoms with E-state index in [9.17, 15) is 4.79 Å². The summed E-state index contributed by atoms with van der Waals surface area (Å²) < 4.78 is 5.04. The van der Waals surface area contributed by atoms with Crippen molar-refractivity contribution in [3.8, 4) is 0 Å². The van der Waals surface area contributed by atoms with E-state index >= 15 is 0 Å².